The van der Waals surface area contributed by atoms with E-state index in [9.17, 15) is 0 Å². The average Bonchev–Trinajstić information content (AvgIpc) is 3.31. The molecule has 0 unspecified atom stereocenters. The van der Waals surface area contributed by atoms with Crippen LogP contribution in [-0.4, -0.2) is 24.8 Å². The van der Waals surface area contributed by atoms with E-state index in [0.29, 0.717) is 6.61 Å². The van der Waals surface area contributed by atoms with Crippen molar-refractivity contribution in [2.75, 3.05) is 25.2 Å². The van der Waals surface area contributed by atoms with E-state index < -0.39 is 0 Å². The van der Waals surface area contributed by atoms with Crippen LogP contribution in [0.4, 0.5) is 5.69 Å². The monoisotopic (exact) mass is 334 g/mol. The summed E-state index contributed by atoms with van der Waals surface area (Å²) in [6.07, 6.45) is 4.15. The summed E-state index contributed by atoms with van der Waals surface area (Å²) in [6.45, 7) is 3.68. The topological polar surface area (TPSA) is 26.6 Å². The molecule has 1 aromatic heterocycles. The van der Waals surface area contributed by atoms with Gasteiger partial charge in [-0.05, 0) is 36.8 Å². The molecule has 4 heteroatoms. The predicted molar refractivity (Wildman–Crippen MR) is 99.5 cm³/mol. The van der Waals surface area contributed by atoms with Gasteiger partial charge in [0.1, 0.15) is 5.75 Å². The first-order valence-corrected chi connectivity index (χ1v) is 8.53. The fourth-order valence-electron chi connectivity index (χ4n) is 3.42. The van der Waals surface area contributed by atoms with Crippen molar-refractivity contribution in [2.45, 2.75) is 13.2 Å². The van der Waals surface area contributed by atoms with E-state index in [-0.39, 0.29) is 6.23 Å². The number of methoxy groups -OCH3 is 1. The van der Waals surface area contributed by atoms with Gasteiger partial charge in [0.15, 0.2) is 6.23 Å². The summed E-state index contributed by atoms with van der Waals surface area (Å²) in [5.41, 5.74) is 4.65. The Balaban J connectivity index is 1.67. The first-order chi connectivity index (χ1) is 12.3. The van der Waals surface area contributed by atoms with Crippen molar-refractivity contribution in [3.05, 3.63) is 78.1 Å². The fraction of sp³-hybridized carbons (Fsp3) is 0.238. The van der Waals surface area contributed by atoms with Gasteiger partial charge < -0.3 is 18.9 Å². The van der Waals surface area contributed by atoms with Crippen molar-refractivity contribution in [2.24, 2.45) is 0 Å². The maximum Gasteiger partial charge on any atom is 0.158 e. The van der Waals surface area contributed by atoms with Gasteiger partial charge in [-0.25, -0.2) is 0 Å². The van der Waals surface area contributed by atoms with Crippen LogP contribution in [0.5, 0.6) is 5.75 Å². The lowest BCUT2D eigenvalue weighted by molar-refractivity contribution is 0.113. The summed E-state index contributed by atoms with van der Waals surface area (Å²) in [5.74, 6) is 0.872. The molecular weight excluding hydrogens is 312 g/mol. The molecule has 128 valence electrons. The Bertz CT molecular complexity index is 872. The Morgan fingerprint density at radius 2 is 1.76 bits per heavy atom. The molecule has 0 spiro atoms. The maximum atomic E-state index is 6.04. The van der Waals surface area contributed by atoms with E-state index in [4.69, 9.17) is 9.47 Å². The Labute approximate surface area is 148 Å². The van der Waals surface area contributed by atoms with Crippen molar-refractivity contribution in [3.8, 4) is 11.4 Å². The number of benzene rings is 2. The van der Waals surface area contributed by atoms with Crippen LogP contribution in [0.15, 0.2) is 67.0 Å². The van der Waals surface area contributed by atoms with Crippen LogP contribution in [-0.2, 0) is 4.74 Å². The number of nitrogens with zero attached hydrogens (tertiary/aromatic N) is 2. The third-order valence-electron chi connectivity index (χ3n) is 4.68. The Morgan fingerprint density at radius 1 is 1.00 bits per heavy atom. The highest BCUT2D eigenvalue weighted by atomic mass is 16.5. The molecule has 1 fully saturated rings. The normalized spacial score (nSPS) is 17.0. The van der Waals surface area contributed by atoms with Gasteiger partial charge in [-0.1, -0.05) is 30.3 Å². The summed E-state index contributed by atoms with van der Waals surface area (Å²) in [7, 11) is 1.71. The van der Waals surface area contributed by atoms with Crippen molar-refractivity contribution >= 4 is 5.69 Å². The molecule has 2 aromatic carbocycles. The van der Waals surface area contributed by atoms with Crippen molar-refractivity contribution < 1.29 is 9.47 Å². The molecule has 0 N–H and O–H groups in total. The fourth-order valence-corrected chi connectivity index (χ4v) is 3.42. The standard InChI is InChI=1S/C21H22N2O2/c1-16-7-3-4-8-18(16)22-12-11-17(15-22)21-23(13-14-25-21)19-9-5-6-10-20(19)24-2/h3-12,15,21H,13-14H2,1-2H3/t21-/m1/s1. The minimum atomic E-state index is -0.0958. The highest BCUT2D eigenvalue weighted by Crippen LogP contribution is 2.37. The lowest BCUT2D eigenvalue weighted by Gasteiger charge is -2.26. The number of para-hydroxylation sites is 3. The molecule has 4 nitrogen and oxygen atoms in total. The molecule has 0 radical (unpaired) electrons. The van der Waals surface area contributed by atoms with Crippen LogP contribution < -0.4 is 9.64 Å². The first kappa shape index (κ1) is 15.8. The largest absolute Gasteiger partial charge is 0.495 e. The van der Waals surface area contributed by atoms with Gasteiger partial charge in [0.05, 0.1) is 19.4 Å². The average molecular weight is 334 g/mol. The maximum absolute atomic E-state index is 6.04. The number of rotatable bonds is 4. The summed E-state index contributed by atoms with van der Waals surface area (Å²) >= 11 is 0. The van der Waals surface area contributed by atoms with Crippen LogP contribution in [0.2, 0.25) is 0 Å². The summed E-state index contributed by atoms with van der Waals surface area (Å²) in [6, 6.07) is 18.6. The minimum Gasteiger partial charge on any atom is -0.495 e. The molecule has 3 aromatic rings. The summed E-state index contributed by atoms with van der Waals surface area (Å²) in [5, 5.41) is 0. The zero-order valence-electron chi connectivity index (χ0n) is 14.6. The zero-order valence-corrected chi connectivity index (χ0v) is 14.6. The number of hydrogen-bond donors (Lipinski definition) is 0. The number of aryl methyl sites for hydroxylation is 1. The molecule has 4 rings (SSSR count). The molecule has 25 heavy (non-hydrogen) atoms. The molecule has 0 aliphatic carbocycles. The second-order valence-electron chi connectivity index (χ2n) is 6.23. The van der Waals surface area contributed by atoms with Gasteiger partial charge in [0.25, 0.3) is 0 Å². The molecule has 1 saturated heterocycles. The van der Waals surface area contributed by atoms with Gasteiger partial charge in [-0.2, -0.15) is 0 Å². The van der Waals surface area contributed by atoms with E-state index in [1.54, 1.807) is 7.11 Å². The second-order valence-corrected chi connectivity index (χ2v) is 6.23. The molecule has 0 bridgehead atoms. The van der Waals surface area contributed by atoms with Gasteiger partial charge in [-0.15, -0.1) is 0 Å². The van der Waals surface area contributed by atoms with Crippen LogP contribution in [0.1, 0.15) is 17.4 Å². The minimum absolute atomic E-state index is 0.0958. The molecular formula is C21H22N2O2. The van der Waals surface area contributed by atoms with E-state index in [0.717, 1.165) is 23.5 Å². The Morgan fingerprint density at radius 3 is 2.56 bits per heavy atom. The van der Waals surface area contributed by atoms with Gasteiger partial charge in [-0.3, -0.25) is 0 Å². The summed E-state index contributed by atoms with van der Waals surface area (Å²) < 4.78 is 13.7. The van der Waals surface area contributed by atoms with E-state index in [1.807, 2.05) is 18.2 Å². The van der Waals surface area contributed by atoms with Crippen molar-refractivity contribution in [1.82, 2.24) is 4.57 Å². The van der Waals surface area contributed by atoms with Crippen LogP contribution in [0, 0.1) is 6.92 Å². The van der Waals surface area contributed by atoms with Crippen molar-refractivity contribution in [3.63, 3.8) is 0 Å². The highest BCUT2D eigenvalue weighted by Gasteiger charge is 2.29. The number of ether oxygens (including phenoxy) is 2. The predicted octanol–water partition coefficient (Wildman–Crippen LogP) is 4.33. The van der Waals surface area contributed by atoms with Crippen molar-refractivity contribution in [1.29, 1.82) is 0 Å². The van der Waals surface area contributed by atoms with Gasteiger partial charge in [0.2, 0.25) is 0 Å². The molecule has 0 amide bonds. The Hall–Kier alpha value is -2.72. The second kappa shape index (κ2) is 6.65. The van der Waals surface area contributed by atoms with Crippen LogP contribution in [0.25, 0.3) is 5.69 Å². The Kier molecular flexibility index (Phi) is 4.20. The number of hydrogen-bond acceptors (Lipinski definition) is 3. The van der Waals surface area contributed by atoms with E-state index >= 15 is 0 Å². The van der Waals surface area contributed by atoms with Crippen LogP contribution in [0.3, 0.4) is 0 Å². The lowest BCUT2D eigenvalue weighted by Crippen LogP contribution is -2.23. The van der Waals surface area contributed by atoms with Gasteiger partial charge >= 0.3 is 0 Å². The van der Waals surface area contributed by atoms with E-state index in [1.165, 1.54) is 11.3 Å². The van der Waals surface area contributed by atoms with Crippen LogP contribution >= 0.6 is 0 Å². The highest BCUT2D eigenvalue weighted by molar-refractivity contribution is 5.60. The molecule has 1 aliphatic heterocycles. The molecule has 1 atom stereocenters. The summed E-state index contributed by atoms with van der Waals surface area (Å²) in [4.78, 5) is 2.26. The third kappa shape index (κ3) is 2.89. The smallest absolute Gasteiger partial charge is 0.158 e. The third-order valence-corrected chi connectivity index (χ3v) is 4.68. The zero-order chi connectivity index (χ0) is 17.2. The SMILES string of the molecule is COc1ccccc1N1CCO[C@@H]1c1ccn(-c2ccccc2C)c1. The molecule has 2 heterocycles. The quantitative estimate of drug-likeness (QED) is 0.710. The molecule has 1 aliphatic rings. The number of anilines is 1. The molecule has 0 saturated carbocycles. The number of aromatic nitrogens is 1. The van der Waals surface area contributed by atoms with Gasteiger partial charge in [0, 0.05) is 30.2 Å². The first-order valence-electron chi connectivity index (χ1n) is 8.53. The van der Waals surface area contributed by atoms with E-state index in [2.05, 4.69) is 65.2 Å². The lowest BCUT2D eigenvalue weighted by atomic mass is 10.2.